The summed E-state index contributed by atoms with van der Waals surface area (Å²) in [4.78, 5) is 4.62. The number of nitrogens with zero attached hydrogens (tertiary/aromatic N) is 1. The highest BCUT2D eigenvalue weighted by molar-refractivity contribution is 7.09. The fourth-order valence-electron chi connectivity index (χ4n) is 1.54. The zero-order valence-electron chi connectivity index (χ0n) is 9.32. The van der Waals surface area contributed by atoms with Crippen molar-refractivity contribution in [1.82, 2.24) is 10.3 Å². The summed E-state index contributed by atoms with van der Waals surface area (Å²) in [5.74, 6) is 0.770. The number of rotatable bonds is 6. The number of nitrogens with one attached hydrogen (secondary N) is 1. The molecule has 1 aliphatic rings. The van der Waals surface area contributed by atoms with E-state index >= 15 is 0 Å². The van der Waals surface area contributed by atoms with Crippen LogP contribution in [0, 0.1) is 0 Å². The first-order chi connectivity index (χ1) is 7.29. The summed E-state index contributed by atoms with van der Waals surface area (Å²) in [5.41, 5.74) is 1.30. The van der Waals surface area contributed by atoms with Gasteiger partial charge in [-0.1, -0.05) is 0 Å². The molecule has 1 aliphatic carbocycles. The van der Waals surface area contributed by atoms with E-state index in [1.165, 1.54) is 23.5 Å². The predicted octanol–water partition coefficient (Wildman–Crippen LogP) is 2.15. The summed E-state index contributed by atoms with van der Waals surface area (Å²) in [7, 11) is 1.73. The lowest BCUT2D eigenvalue weighted by atomic mass is 10.3. The highest BCUT2D eigenvalue weighted by Gasteiger charge is 2.25. The summed E-state index contributed by atoms with van der Waals surface area (Å²) < 4.78 is 5.07. The molecule has 2 rings (SSSR count). The van der Waals surface area contributed by atoms with Gasteiger partial charge in [0.25, 0.3) is 0 Å². The Labute approximate surface area is 94.9 Å². The van der Waals surface area contributed by atoms with Gasteiger partial charge in [0.15, 0.2) is 0 Å². The van der Waals surface area contributed by atoms with Crippen LogP contribution in [-0.2, 0) is 11.3 Å². The molecular weight excluding hydrogens is 208 g/mol. The van der Waals surface area contributed by atoms with Crippen molar-refractivity contribution in [1.29, 1.82) is 0 Å². The second-order valence-corrected chi connectivity index (χ2v) is 5.12. The molecule has 1 aromatic heterocycles. The van der Waals surface area contributed by atoms with E-state index in [0.717, 1.165) is 19.1 Å². The van der Waals surface area contributed by atoms with Crippen molar-refractivity contribution in [2.45, 2.75) is 38.3 Å². The molecule has 1 fully saturated rings. The van der Waals surface area contributed by atoms with Gasteiger partial charge in [0.05, 0.1) is 12.3 Å². The summed E-state index contributed by atoms with van der Waals surface area (Å²) in [6, 6.07) is 0.392. The molecule has 0 radical (unpaired) electrons. The van der Waals surface area contributed by atoms with E-state index in [1.807, 2.05) is 0 Å². The molecule has 4 heteroatoms. The second kappa shape index (κ2) is 5.05. The highest BCUT2D eigenvalue weighted by Crippen LogP contribution is 2.40. The van der Waals surface area contributed by atoms with Crippen LogP contribution in [0.15, 0.2) is 5.38 Å². The van der Waals surface area contributed by atoms with Gasteiger partial charge >= 0.3 is 0 Å². The van der Waals surface area contributed by atoms with Crippen molar-refractivity contribution in [3.8, 4) is 0 Å². The zero-order chi connectivity index (χ0) is 10.7. The van der Waals surface area contributed by atoms with Crippen LogP contribution in [0.5, 0.6) is 0 Å². The van der Waals surface area contributed by atoms with Gasteiger partial charge in [-0.15, -0.1) is 11.3 Å². The lowest BCUT2D eigenvalue weighted by molar-refractivity contribution is 0.171. The quantitative estimate of drug-likeness (QED) is 0.807. The molecule has 0 aromatic carbocycles. The summed E-state index contributed by atoms with van der Waals surface area (Å²) >= 11 is 1.76. The molecule has 0 amide bonds. The van der Waals surface area contributed by atoms with Crippen LogP contribution in [0.1, 0.15) is 36.4 Å². The van der Waals surface area contributed by atoms with Crippen LogP contribution in [0.3, 0.4) is 0 Å². The van der Waals surface area contributed by atoms with Crippen LogP contribution in [0.4, 0.5) is 0 Å². The molecule has 0 aliphatic heterocycles. The zero-order valence-corrected chi connectivity index (χ0v) is 10.1. The highest BCUT2D eigenvalue weighted by atomic mass is 32.1. The lowest BCUT2D eigenvalue weighted by Crippen LogP contribution is -2.29. The molecule has 1 N–H and O–H groups in total. The lowest BCUT2D eigenvalue weighted by Gasteiger charge is -2.10. The van der Waals surface area contributed by atoms with Crippen molar-refractivity contribution in [2.24, 2.45) is 0 Å². The Morgan fingerprint density at radius 2 is 2.47 bits per heavy atom. The fourth-order valence-corrected chi connectivity index (χ4v) is 2.37. The SMILES string of the molecule is COCC(C)NCc1nc(C2CC2)cs1. The Balaban J connectivity index is 1.77. The molecule has 0 saturated heterocycles. The first-order valence-electron chi connectivity index (χ1n) is 5.46. The third kappa shape index (κ3) is 3.26. The van der Waals surface area contributed by atoms with Crippen molar-refractivity contribution in [3.63, 3.8) is 0 Å². The average Bonchev–Trinajstić information content (AvgIpc) is 2.96. The summed E-state index contributed by atoms with van der Waals surface area (Å²) in [6.45, 7) is 3.74. The van der Waals surface area contributed by atoms with Gasteiger partial charge < -0.3 is 10.1 Å². The van der Waals surface area contributed by atoms with E-state index in [2.05, 4.69) is 22.6 Å². The van der Waals surface area contributed by atoms with E-state index in [1.54, 1.807) is 18.4 Å². The van der Waals surface area contributed by atoms with E-state index in [0.29, 0.717) is 6.04 Å². The Hall–Kier alpha value is -0.450. The van der Waals surface area contributed by atoms with Gasteiger partial charge in [-0.2, -0.15) is 0 Å². The van der Waals surface area contributed by atoms with Crippen molar-refractivity contribution >= 4 is 11.3 Å². The Morgan fingerprint density at radius 3 is 3.13 bits per heavy atom. The first-order valence-corrected chi connectivity index (χ1v) is 6.34. The number of ether oxygens (including phenoxy) is 1. The number of thiazole rings is 1. The van der Waals surface area contributed by atoms with E-state index in [9.17, 15) is 0 Å². The smallest absolute Gasteiger partial charge is 0.107 e. The molecule has 1 heterocycles. The first kappa shape index (κ1) is 11.0. The maximum atomic E-state index is 5.07. The number of hydrogen-bond acceptors (Lipinski definition) is 4. The van der Waals surface area contributed by atoms with E-state index in [-0.39, 0.29) is 0 Å². The molecule has 1 saturated carbocycles. The van der Waals surface area contributed by atoms with Crippen molar-refractivity contribution in [3.05, 3.63) is 16.1 Å². The average molecular weight is 226 g/mol. The van der Waals surface area contributed by atoms with Crippen molar-refractivity contribution in [2.75, 3.05) is 13.7 Å². The Bertz CT molecular complexity index is 309. The van der Waals surface area contributed by atoms with Crippen LogP contribution in [0.2, 0.25) is 0 Å². The van der Waals surface area contributed by atoms with Gasteiger partial charge in [-0.3, -0.25) is 0 Å². The third-order valence-electron chi connectivity index (χ3n) is 2.58. The van der Waals surface area contributed by atoms with Crippen LogP contribution < -0.4 is 5.32 Å². The number of hydrogen-bond donors (Lipinski definition) is 1. The standard InChI is InChI=1S/C11H18N2OS/c1-8(6-14-2)12-5-11-13-10(7-15-11)9-3-4-9/h7-9,12H,3-6H2,1-2H3. The molecule has 0 bridgehead atoms. The number of methoxy groups -OCH3 is 1. The summed E-state index contributed by atoms with van der Waals surface area (Å²) in [6.07, 6.45) is 2.66. The third-order valence-corrected chi connectivity index (χ3v) is 3.45. The largest absolute Gasteiger partial charge is 0.383 e. The molecule has 1 aromatic rings. The molecule has 15 heavy (non-hydrogen) atoms. The Morgan fingerprint density at radius 1 is 1.67 bits per heavy atom. The topological polar surface area (TPSA) is 34.1 Å². The summed E-state index contributed by atoms with van der Waals surface area (Å²) in [5, 5.41) is 6.79. The van der Waals surface area contributed by atoms with Crippen LogP contribution >= 0.6 is 11.3 Å². The van der Waals surface area contributed by atoms with Gasteiger partial charge in [0, 0.05) is 31.0 Å². The van der Waals surface area contributed by atoms with Gasteiger partial charge in [0.1, 0.15) is 5.01 Å². The number of aromatic nitrogens is 1. The van der Waals surface area contributed by atoms with E-state index < -0.39 is 0 Å². The molecule has 0 spiro atoms. The van der Waals surface area contributed by atoms with Crippen LogP contribution in [0.25, 0.3) is 0 Å². The van der Waals surface area contributed by atoms with Gasteiger partial charge in [-0.25, -0.2) is 4.98 Å². The predicted molar refractivity (Wildman–Crippen MR) is 62.3 cm³/mol. The minimum absolute atomic E-state index is 0.392. The molecule has 3 nitrogen and oxygen atoms in total. The normalized spacial score (nSPS) is 18.0. The van der Waals surface area contributed by atoms with Crippen molar-refractivity contribution < 1.29 is 4.74 Å². The monoisotopic (exact) mass is 226 g/mol. The minimum atomic E-state index is 0.392. The minimum Gasteiger partial charge on any atom is -0.383 e. The van der Waals surface area contributed by atoms with Gasteiger partial charge in [-0.05, 0) is 19.8 Å². The maximum Gasteiger partial charge on any atom is 0.107 e. The maximum absolute atomic E-state index is 5.07. The fraction of sp³-hybridized carbons (Fsp3) is 0.727. The Kier molecular flexibility index (Phi) is 3.72. The van der Waals surface area contributed by atoms with E-state index in [4.69, 9.17) is 4.74 Å². The second-order valence-electron chi connectivity index (χ2n) is 4.18. The molecule has 1 atom stereocenters. The van der Waals surface area contributed by atoms with Crippen LogP contribution in [-0.4, -0.2) is 24.7 Å². The van der Waals surface area contributed by atoms with Gasteiger partial charge in [0.2, 0.25) is 0 Å². The molecule has 84 valence electrons. The molecular formula is C11H18N2OS. The molecule has 1 unspecified atom stereocenters.